The molecule has 0 bridgehead atoms. The van der Waals surface area contributed by atoms with E-state index >= 15 is 0 Å². The van der Waals surface area contributed by atoms with Crippen LogP contribution in [0.5, 0.6) is 0 Å². The number of halogens is 4. The van der Waals surface area contributed by atoms with Gasteiger partial charge in [-0.2, -0.15) is 13.2 Å². The molecular formula is C10H10ClF3N2S. The van der Waals surface area contributed by atoms with Crippen molar-refractivity contribution in [1.29, 1.82) is 0 Å². The van der Waals surface area contributed by atoms with Crippen molar-refractivity contribution in [3.8, 4) is 0 Å². The molecule has 1 atom stereocenters. The first-order valence-corrected chi connectivity index (χ1v) is 6.27. The first kappa shape index (κ1) is 12.9. The summed E-state index contributed by atoms with van der Waals surface area (Å²) < 4.78 is 37.8. The number of thioether (sulfide) groups is 1. The summed E-state index contributed by atoms with van der Waals surface area (Å²) in [4.78, 5) is 0.632. The first-order valence-electron chi connectivity index (χ1n) is 4.91. The van der Waals surface area contributed by atoms with Crippen LogP contribution in [-0.2, 0) is 6.18 Å². The SMILES string of the molecule is N[C@@H]1CNc2cc(C(F)(F)F)cc(Cl)c2SC1. The zero-order chi connectivity index (χ0) is 12.6. The fraction of sp³-hybridized carbons (Fsp3) is 0.400. The van der Waals surface area contributed by atoms with Crippen LogP contribution >= 0.6 is 23.4 Å². The molecule has 1 heterocycles. The summed E-state index contributed by atoms with van der Waals surface area (Å²) in [6.07, 6.45) is -4.39. The number of anilines is 1. The van der Waals surface area contributed by atoms with E-state index in [4.69, 9.17) is 17.3 Å². The third-order valence-corrected chi connectivity index (χ3v) is 4.10. The second-order valence-corrected chi connectivity index (χ2v) is 5.22. The Balaban J connectivity index is 2.44. The lowest BCUT2D eigenvalue weighted by Crippen LogP contribution is -2.29. The van der Waals surface area contributed by atoms with Crippen molar-refractivity contribution in [2.75, 3.05) is 17.6 Å². The third kappa shape index (κ3) is 2.81. The van der Waals surface area contributed by atoms with Crippen LogP contribution in [0.3, 0.4) is 0 Å². The molecule has 0 radical (unpaired) electrons. The molecule has 0 saturated heterocycles. The first-order chi connectivity index (χ1) is 7.88. The monoisotopic (exact) mass is 282 g/mol. The van der Waals surface area contributed by atoms with Crippen LogP contribution in [0.25, 0.3) is 0 Å². The summed E-state index contributed by atoms with van der Waals surface area (Å²) in [5.74, 6) is 0.630. The van der Waals surface area contributed by atoms with Gasteiger partial charge in [-0.1, -0.05) is 11.6 Å². The van der Waals surface area contributed by atoms with Crippen LogP contribution in [0.2, 0.25) is 5.02 Å². The van der Waals surface area contributed by atoms with E-state index in [1.807, 2.05) is 0 Å². The molecular weight excluding hydrogens is 273 g/mol. The van der Waals surface area contributed by atoms with Gasteiger partial charge >= 0.3 is 6.18 Å². The molecule has 3 N–H and O–H groups in total. The molecule has 0 unspecified atom stereocenters. The molecule has 1 aromatic carbocycles. The molecule has 94 valence electrons. The molecule has 7 heteroatoms. The van der Waals surface area contributed by atoms with Gasteiger partial charge in [-0.25, -0.2) is 0 Å². The van der Waals surface area contributed by atoms with E-state index in [1.165, 1.54) is 11.8 Å². The van der Waals surface area contributed by atoms with Crippen molar-refractivity contribution in [2.24, 2.45) is 5.73 Å². The van der Waals surface area contributed by atoms with Gasteiger partial charge in [0.05, 0.1) is 10.6 Å². The molecule has 1 aliphatic rings. The van der Waals surface area contributed by atoms with E-state index in [2.05, 4.69) is 5.32 Å². The van der Waals surface area contributed by atoms with E-state index in [0.29, 0.717) is 22.9 Å². The Morgan fingerprint density at radius 2 is 2.12 bits per heavy atom. The third-order valence-electron chi connectivity index (χ3n) is 2.37. The van der Waals surface area contributed by atoms with Crippen LogP contribution in [0, 0.1) is 0 Å². The normalized spacial score (nSPS) is 20.4. The van der Waals surface area contributed by atoms with Crippen molar-refractivity contribution in [3.05, 3.63) is 22.7 Å². The Morgan fingerprint density at radius 3 is 2.76 bits per heavy atom. The average molecular weight is 283 g/mol. The maximum absolute atomic E-state index is 12.6. The van der Waals surface area contributed by atoms with Gasteiger partial charge in [0.2, 0.25) is 0 Å². The number of hydrogen-bond donors (Lipinski definition) is 2. The van der Waals surface area contributed by atoms with Crippen LogP contribution < -0.4 is 11.1 Å². The molecule has 17 heavy (non-hydrogen) atoms. The second kappa shape index (κ2) is 4.59. The van der Waals surface area contributed by atoms with Crippen LogP contribution in [0.1, 0.15) is 5.56 Å². The fourth-order valence-electron chi connectivity index (χ4n) is 1.53. The zero-order valence-corrected chi connectivity index (χ0v) is 10.2. The summed E-state index contributed by atoms with van der Waals surface area (Å²) >= 11 is 7.25. The van der Waals surface area contributed by atoms with Gasteiger partial charge in [0, 0.05) is 28.9 Å². The average Bonchev–Trinajstić information content (AvgIpc) is 2.40. The molecule has 0 aromatic heterocycles. The lowest BCUT2D eigenvalue weighted by molar-refractivity contribution is -0.137. The number of benzene rings is 1. The van der Waals surface area contributed by atoms with Crippen molar-refractivity contribution in [3.63, 3.8) is 0 Å². The predicted molar refractivity (Wildman–Crippen MR) is 63.6 cm³/mol. The van der Waals surface area contributed by atoms with E-state index in [-0.39, 0.29) is 11.1 Å². The number of hydrogen-bond acceptors (Lipinski definition) is 3. The Bertz CT molecular complexity index is 436. The highest BCUT2D eigenvalue weighted by molar-refractivity contribution is 7.99. The molecule has 2 rings (SSSR count). The smallest absolute Gasteiger partial charge is 0.382 e. The van der Waals surface area contributed by atoms with E-state index in [1.54, 1.807) is 0 Å². The largest absolute Gasteiger partial charge is 0.416 e. The topological polar surface area (TPSA) is 38.0 Å². The lowest BCUT2D eigenvalue weighted by atomic mass is 10.2. The maximum Gasteiger partial charge on any atom is 0.416 e. The Labute approximate surface area is 106 Å². The molecule has 0 spiro atoms. The number of alkyl halides is 3. The Hall–Kier alpha value is -0.590. The quantitative estimate of drug-likeness (QED) is 0.767. The molecule has 0 aliphatic carbocycles. The minimum Gasteiger partial charge on any atom is -0.382 e. The van der Waals surface area contributed by atoms with E-state index < -0.39 is 11.7 Å². The van der Waals surface area contributed by atoms with Crippen molar-refractivity contribution in [2.45, 2.75) is 17.1 Å². The van der Waals surface area contributed by atoms with Gasteiger partial charge in [0.15, 0.2) is 0 Å². The van der Waals surface area contributed by atoms with Gasteiger partial charge in [0.25, 0.3) is 0 Å². The van der Waals surface area contributed by atoms with Gasteiger partial charge in [0.1, 0.15) is 0 Å². The molecule has 1 aromatic rings. The Kier molecular flexibility index (Phi) is 3.47. The number of nitrogens with one attached hydrogen (secondary N) is 1. The highest BCUT2D eigenvalue weighted by atomic mass is 35.5. The second-order valence-electron chi connectivity index (χ2n) is 3.78. The highest BCUT2D eigenvalue weighted by Gasteiger charge is 2.32. The van der Waals surface area contributed by atoms with Crippen LogP contribution in [-0.4, -0.2) is 18.3 Å². The standard InChI is InChI=1S/C10H10ClF3N2S/c11-7-1-5(10(12,13)14)2-8-9(7)17-4-6(15)3-16-8/h1-2,6,16H,3-4,15H2/t6-/m1/s1. The Morgan fingerprint density at radius 1 is 1.41 bits per heavy atom. The summed E-state index contributed by atoms with van der Waals surface area (Å²) in [6.45, 7) is 0.442. The van der Waals surface area contributed by atoms with Crippen molar-refractivity contribution in [1.82, 2.24) is 0 Å². The van der Waals surface area contributed by atoms with Gasteiger partial charge in [-0.3, -0.25) is 0 Å². The molecule has 0 saturated carbocycles. The van der Waals surface area contributed by atoms with Crippen LogP contribution in [0.4, 0.5) is 18.9 Å². The maximum atomic E-state index is 12.6. The number of nitrogens with two attached hydrogens (primary N) is 1. The summed E-state index contributed by atoms with van der Waals surface area (Å²) in [6, 6.07) is 1.93. The predicted octanol–water partition coefficient (Wildman–Crippen LogP) is 3.20. The van der Waals surface area contributed by atoms with Crippen molar-refractivity contribution < 1.29 is 13.2 Å². The summed E-state index contributed by atoms with van der Waals surface area (Å²) in [5.41, 5.74) is 5.40. The van der Waals surface area contributed by atoms with Gasteiger partial charge in [-0.05, 0) is 12.1 Å². The van der Waals surface area contributed by atoms with Crippen molar-refractivity contribution >= 4 is 29.1 Å². The minimum atomic E-state index is -4.39. The fourth-order valence-corrected chi connectivity index (χ4v) is 2.89. The molecule has 2 nitrogen and oxygen atoms in total. The van der Waals surface area contributed by atoms with Crippen LogP contribution in [0.15, 0.2) is 17.0 Å². The number of rotatable bonds is 0. The summed E-state index contributed by atoms with van der Waals surface area (Å²) in [7, 11) is 0. The highest BCUT2D eigenvalue weighted by Crippen LogP contribution is 2.41. The van der Waals surface area contributed by atoms with E-state index in [9.17, 15) is 13.2 Å². The zero-order valence-electron chi connectivity index (χ0n) is 8.64. The summed E-state index contributed by atoms with van der Waals surface area (Å²) in [5, 5.41) is 3.01. The molecule has 0 fully saturated rings. The molecule has 1 aliphatic heterocycles. The minimum absolute atomic E-state index is 0.0993. The molecule has 0 amide bonds. The lowest BCUT2D eigenvalue weighted by Gasteiger charge is -2.13. The van der Waals surface area contributed by atoms with Gasteiger partial charge in [-0.15, -0.1) is 11.8 Å². The van der Waals surface area contributed by atoms with Gasteiger partial charge < -0.3 is 11.1 Å². The van der Waals surface area contributed by atoms with E-state index in [0.717, 1.165) is 12.1 Å². The number of fused-ring (bicyclic) bond motifs is 1.